The Morgan fingerprint density at radius 3 is 2.71 bits per heavy atom. The standard InChI is InChI=1S/C23H26N8/c1-30-6-8-31(9-7-30)22-14-25-12-20-16(22)10-19(27-20)23-17-11-18(15-2-4-24-5-3-15)26-13-21(17)28-29-23/h2,10-14,24,27H,3-9H2,1H3,(H,28,29). The molecule has 6 heterocycles. The Bertz CT molecular complexity index is 1280. The van der Waals surface area contributed by atoms with Gasteiger partial charge in [0.05, 0.1) is 46.7 Å². The van der Waals surface area contributed by atoms with Crippen molar-refractivity contribution in [2.45, 2.75) is 6.42 Å². The number of fused-ring (bicyclic) bond motifs is 2. The molecule has 1 saturated heterocycles. The average Bonchev–Trinajstić information content (AvgIpc) is 3.43. The monoisotopic (exact) mass is 414 g/mol. The van der Waals surface area contributed by atoms with Crippen LogP contribution in [0.15, 0.2) is 36.8 Å². The van der Waals surface area contributed by atoms with Gasteiger partial charge in [0.2, 0.25) is 0 Å². The van der Waals surface area contributed by atoms with Crippen LogP contribution in [0.4, 0.5) is 5.69 Å². The number of rotatable bonds is 3. The number of hydrogen-bond acceptors (Lipinski definition) is 6. The van der Waals surface area contributed by atoms with Crippen molar-refractivity contribution >= 4 is 33.1 Å². The van der Waals surface area contributed by atoms with Crippen LogP contribution < -0.4 is 10.2 Å². The molecule has 3 N–H and O–H groups in total. The lowest BCUT2D eigenvalue weighted by atomic mass is 10.0. The van der Waals surface area contributed by atoms with Crippen LogP contribution in [-0.4, -0.2) is 76.4 Å². The highest BCUT2D eigenvalue weighted by molar-refractivity contribution is 5.99. The summed E-state index contributed by atoms with van der Waals surface area (Å²) in [6.07, 6.45) is 9.01. The van der Waals surface area contributed by atoms with E-state index in [1.54, 1.807) is 0 Å². The number of anilines is 1. The maximum Gasteiger partial charge on any atom is 0.116 e. The van der Waals surface area contributed by atoms with Crippen LogP contribution in [0, 0.1) is 0 Å². The summed E-state index contributed by atoms with van der Waals surface area (Å²) >= 11 is 0. The molecule has 4 aromatic rings. The van der Waals surface area contributed by atoms with Crippen molar-refractivity contribution in [3.8, 4) is 11.4 Å². The predicted molar refractivity (Wildman–Crippen MR) is 124 cm³/mol. The second-order valence-electron chi connectivity index (χ2n) is 8.46. The Morgan fingerprint density at radius 2 is 1.87 bits per heavy atom. The average molecular weight is 415 g/mol. The van der Waals surface area contributed by atoms with Crippen LogP contribution in [0.25, 0.3) is 38.8 Å². The quantitative estimate of drug-likeness (QED) is 0.478. The molecule has 0 aromatic carbocycles. The Morgan fingerprint density at radius 1 is 0.968 bits per heavy atom. The second kappa shape index (κ2) is 7.47. The van der Waals surface area contributed by atoms with Gasteiger partial charge in [-0.15, -0.1) is 0 Å². The minimum absolute atomic E-state index is 0.900. The Kier molecular flexibility index (Phi) is 4.47. The number of nitrogens with one attached hydrogen (secondary N) is 3. The third kappa shape index (κ3) is 3.28. The first-order valence-electron chi connectivity index (χ1n) is 10.9. The van der Waals surface area contributed by atoms with Crippen LogP contribution in [0.1, 0.15) is 12.1 Å². The molecule has 8 heteroatoms. The van der Waals surface area contributed by atoms with E-state index in [4.69, 9.17) is 0 Å². The lowest BCUT2D eigenvalue weighted by Gasteiger charge is -2.34. The molecule has 0 unspecified atom stereocenters. The number of piperazine rings is 1. The molecule has 4 aromatic heterocycles. The summed E-state index contributed by atoms with van der Waals surface area (Å²) in [5, 5.41) is 13.4. The molecular weight excluding hydrogens is 388 g/mol. The lowest BCUT2D eigenvalue weighted by molar-refractivity contribution is 0.313. The Labute approximate surface area is 180 Å². The van der Waals surface area contributed by atoms with E-state index in [-0.39, 0.29) is 0 Å². The van der Waals surface area contributed by atoms with Gasteiger partial charge in [-0.3, -0.25) is 15.1 Å². The highest BCUT2D eigenvalue weighted by Gasteiger charge is 2.19. The molecule has 8 nitrogen and oxygen atoms in total. The van der Waals surface area contributed by atoms with E-state index in [0.29, 0.717) is 0 Å². The van der Waals surface area contributed by atoms with Crippen LogP contribution in [0.2, 0.25) is 0 Å². The summed E-state index contributed by atoms with van der Waals surface area (Å²) in [5.41, 5.74) is 7.44. The summed E-state index contributed by atoms with van der Waals surface area (Å²) in [5.74, 6) is 0. The highest BCUT2D eigenvalue weighted by atomic mass is 15.3. The van der Waals surface area contributed by atoms with Gasteiger partial charge in [0.15, 0.2) is 0 Å². The van der Waals surface area contributed by atoms with Crippen LogP contribution in [0.3, 0.4) is 0 Å². The SMILES string of the molecule is CN1CCN(c2cncc3[nH]c(-c4n[nH]c5cnc(C6=CCNCC6)cc45)cc23)CC1. The van der Waals surface area contributed by atoms with Crippen molar-refractivity contribution in [3.63, 3.8) is 0 Å². The molecule has 0 spiro atoms. The molecule has 0 aliphatic carbocycles. The summed E-state index contributed by atoms with van der Waals surface area (Å²) in [4.78, 5) is 17.5. The van der Waals surface area contributed by atoms with Crippen LogP contribution >= 0.6 is 0 Å². The van der Waals surface area contributed by atoms with Gasteiger partial charge >= 0.3 is 0 Å². The number of pyridine rings is 2. The van der Waals surface area contributed by atoms with E-state index in [2.05, 4.69) is 65.5 Å². The molecule has 2 aliphatic rings. The minimum Gasteiger partial charge on any atom is -0.367 e. The van der Waals surface area contributed by atoms with Gasteiger partial charge in [0.1, 0.15) is 5.69 Å². The number of aromatic nitrogens is 5. The van der Waals surface area contributed by atoms with E-state index < -0.39 is 0 Å². The van der Waals surface area contributed by atoms with E-state index in [0.717, 1.165) is 79.2 Å². The molecule has 0 radical (unpaired) electrons. The van der Waals surface area contributed by atoms with Crippen molar-refractivity contribution in [1.29, 1.82) is 0 Å². The van der Waals surface area contributed by atoms with E-state index in [9.17, 15) is 0 Å². The smallest absolute Gasteiger partial charge is 0.116 e. The van der Waals surface area contributed by atoms with Gasteiger partial charge in [-0.1, -0.05) is 6.08 Å². The van der Waals surface area contributed by atoms with Gasteiger partial charge in [-0.05, 0) is 37.7 Å². The van der Waals surface area contributed by atoms with Gasteiger partial charge < -0.3 is 20.1 Å². The first-order valence-corrected chi connectivity index (χ1v) is 10.9. The van der Waals surface area contributed by atoms with Crippen LogP contribution in [-0.2, 0) is 0 Å². The fraction of sp³-hybridized carbons (Fsp3) is 0.348. The summed E-state index contributed by atoms with van der Waals surface area (Å²) in [6, 6.07) is 4.38. The molecule has 2 aliphatic heterocycles. The number of likely N-dealkylation sites (N-methyl/N-ethyl adjacent to an activating group) is 1. The summed E-state index contributed by atoms with van der Waals surface area (Å²) in [7, 11) is 2.18. The fourth-order valence-electron chi connectivity index (χ4n) is 4.62. The fourth-order valence-corrected chi connectivity index (χ4v) is 4.62. The van der Waals surface area contributed by atoms with Crippen molar-refractivity contribution in [2.24, 2.45) is 0 Å². The molecule has 0 atom stereocenters. The van der Waals surface area contributed by atoms with E-state index in [1.807, 2.05) is 18.6 Å². The van der Waals surface area contributed by atoms with Crippen molar-refractivity contribution in [3.05, 3.63) is 42.5 Å². The molecular formula is C23H26N8. The van der Waals surface area contributed by atoms with Gasteiger partial charge in [0.25, 0.3) is 0 Å². The zero-order valence-electron chi connectivity index (χ0n) is 17.6. The van der Waals surface area contributed by atoms with Gasteiger partial charge in [-0.2, -0.15) is 5.10 Å². The maximum atomic E-state index is 4.66. The first kappa shape index (κ1) is 18.5. The minimum atomic E-state index is 0.900. The summed E-state index contributed by atoms with van der Waals surface area (Å²) < 4.78 is 0. The number of aromatic amines is 2. The molecule has 0 amide bonds. The Balaban J connectivity index is 1.42. The highest BCUT2D eigenvalue weighted by Crippen LogP contribution is 2.33. The number of hydrogen-bond donors (Lipinski definition) is 3. The molecule has 158 valence electrons. The predicted octanol–water partition coefficient (Wildman–Crippen LogP) is 2.63. The van der Waals surface area contributed by atoms with E-state index in [1.165, 1.54) is 16.6 Å². The maximum absolute atomic E-state index is 4.66. The van der Waals surface area contributed by atoms with Gasteiger partial charge in [-0.25, -0.2) is 0 Å². The number of nitrogens with zero attached hydrogens (tertiary/aromatic N) is 5. The van der Waals surface area contributed by atoms with E-state index >= 15 is 0 Å². The normalized spacial score (nSPS) is 18.1. The lowest BCUT2D eigenvalue weighted by Crippen LogP contribution is -2.44. The molecule has 0 bridgehead atoms. The summed E-state index contributed by atoms with van der Waals surface area (Å²) in [6.45, 7) is 6.06. The van der Waals surface area contributed by atoms with Crippen molar-refractivity contribution < 1.29 is 0 Å². The first-order chi connectivity index (χ1) is 15.3. The Hall–Kier alpha value is -3.23. The molecule has 0 saturated carbocycles. The molecule has 31 heavy (non-hydrogen) atoms. The third-order valence-corrected chi connectivity index (χ3v) is 6.46. The zero-order chi connectivity index (χ0) is 20.8. The van der Waals surface area contributed by atoms with Gasteiger partial charge in [0, 0.05) is 43.5 Å². The topological polar surface area (TPSA) is 88.8 Å². The van der Waals surface area contributed by atoms with Crippen LogP contribution in [0.5, 0.6) is 0 Å². The third-order valence-electron chi connectivity index (χ3n) is 6.46. The van der Waals surface area contributed by atoms with Crippen molar-refractivity contribution in [1.82, 2.24) is 35.4 Å². The second-order valence-corrected chi connectivity index (χ2v) is 8.46. The number of H-pyrrole nitrogens is 2. The molecule has 6 rings (SSSR count). The largest absolute Gasteiger partial charge is 0.367 e. The molecule has 1 fully saturated rings. The zero-order valence-corrected chi connectivity index (χ0v) is 17.6. The van der Waals surface area contributed by atoms with Crippen molar-refractivity contribution in [2.75, 3.05) is 51.2 Å².